The number of ether oxygens (including phenoxy) is 1. The van der Waals surface area contributed by atoms with Crippen molar-refractivity contribution in [3.8, 4) is 16.9 Å². The summed E-state index contributed by atoms with van der Waals surface area (Å²) in [6.45, 7) is 5.83. The van der Waals surface area contributed by atoms with E-state index in [4.69, 9.17) is 9.84 Å². The van der Waals surface area contributed by atoms with Gasteiger partial charge in [-0.15, -0.1) is 11.3 Å². The summed E-state index contributed by atoms with van der Waals surface area (Å²) in [4.78, 5) is 11.0. The molecule has 31 heavy (non-hydrogen) atoms. The Morgan fingerprint density at radius 3 is 2.19 bits per heavy atom. The van der Waals surface area contributed by atoms with Gasteiger partial charge < -0.3 is 9.84 Å². The average Bonchev–Trinajstić information content (AvgIpc) is 3.13. The summed E-state index contributed by atoms with van der Waals surface area (Å²) in [5, 5.41) is 14.1. The second kappa shape index (κ2) is 7.40. The fourth-order valence-corrected chi connectivity index (χ4v) is 5.82. The molecule has 1 heterocycles. The third-order valence-electron chi connectivity index (χ3n) is 5.88. The van der Waals surface area contributed by atoms with Gasteiger partial charge in [-0.2, -0.15) is 0 Å². The Hall–Kier alpha value is -3.37. The summed E-state index contributed by atoms with van der Waals surface area (Å²) < 4.78 is 8.17. The number of aryl methyl sites for hydroxylation is 3. The third-order valence-corrected chi connectivity index (χ3v) is 7.17. The van der Waals surface area contributed by atoms with Crippen LogP contribution in [0, 0.1) is 20.8 Å². The summed E-state index contributed by atoms with van der Waals surface area (Å²) >= 11 is 1.84. The quantitative estimate of drug-likeness (QED) is 0.329. The van der Waals surface area contributed by atoms with Crippen molar-refractivity contribution in [1.29, 1.82) is 0 Å². The van der Waals surface area contributed by atoms with Crippen LogP contribution in [0.15, 0.2) is 60.7 Å². The molecular formula is C27H22O3S. The summed E-state index contributed by atoms with van der Waals surface area (Å²) in [5.41, 5.74) is 5.54. The number of benzene rings is 4. The van der Waals surface area contributed by atoms with Crippen LogP contribution in [0.3, 0.4) is 0 Å². The molecule has 1 N–H and O–H groups in total. The number of carboxylic acids is 1. The minimum Gasteiger partial charge on any atom is -0.481 e. The first-order valence-electron chi connectivity index (χ1n) is 10.2. The number of rotatable bonds is 4. The van der Waals surface area contributed by atoms with Crippen LogP contribution in [0.5, 0.6) is 5.75 Å². The van der Waals surface area contributed by atoms with Gasteiger partial charge in [0.15, 0.2) is 6.61 Å². The minimum atomic E-state index is -0.973. The van der Waals surface area contributed by atoms with Gasteiger partial charge in [0.1, 0.15) is 5.75 Å². The van der Waals surface area contributed by atoms with Gasteiger partial charge in [0.25, 0.3) is 0 Å². The lowest BCUT2D eigenvalue weighted by atomic mass is 9.89. The molecule has 0 saturated carbocycles. The zero-order valence-corrected chi connectivity index (χ0v) is 18.5. The summed E-state index contributed by atoms with van der Waals surface area (Å²) in [5.74, 6) is -0.326. The Labute approximate surface area is 184 Å². The Morgan fingerprint density at radius 2 is 1.52 bits per heavy atom. The lowest BCUT2D eigenvalue weighted by Gasteiger charge is -2.17. The Bertz CT molecular complexity index is 1470. The Balaban J connectivity index is 1.87. The normalized spacial score (nSPS) is 11.5. The van der Waals surface area contributed by atoms with E-state index in [0.717, 1.165) is 16.7 Å². The molecule has 0 amide bonds. The zero-order chi connectivity index (χ0) is 21.7. The molecule has 5 aromatic rings. The van der Waals surface area contributed by atoms with Gasteiger partial charge in [-0.25, -0.2) is 4.79 Å². The number of carbonyl (C=O) groups is 1. The average molecular weight is 427 g/mol. The molecule has 4 aromatic carbocycles. The van der Waals surface area contributed by atoms with Crippen LogP contribution in [-0.2, 0) is 4.79 Å². The largest absolute Gasteiger partial charge is 0.481 e. The summed E-state index contributed by atoms with van der Waals surface area (Å²) in [6, 6.07) is 21.4. The van der Waals surface area contributed by atoms with Crippen LogP contribution in [0.2, 0.25) is 0 Å². The molecule has 0 saturated heterocycles. The second-order valence-corrected chi connectivity index (χ2v) is 9.02. The van der Waals surface area contributed by atoms with Gasteiger partial charge in [-0.3, -0.25) is 0 Å². The van der Waals surface area contributed by atoms with Crippen LogP contribution in [0.4, 0.5) is 0 Å². The van der Waals surface area contributed by atoms with Crippen molar-refractivity contribution in [2.75, 3.05) is 6.61 Å². The summed E-state index contributed by atoms with van der Waals surface area (Å²) in [7, 11) is 0. The molecule has 0 aliphatic carbocycles. The van der Waals surface area contributed by atoms with Crippen LogP contribution < -0.4 is 4.74 Å². The van der Waals surface area contributed by atoms with Gasteiger partial charge in [0.2, 0.25) is 0 Å². The monoisotopic (exact) mass is 426 g/mol. The molecule has 0 atom stereocenters. The molecule has 0 unspecified atom stereocenters. The van der Waals surface area contributed by atoms with Gasteiger partial charge in [0.05, 0.1) is 0 Å². The van der Waals surface area contributed by atoms with Crippen molar-refractivity contribution < 1.29 is 14.6 Å². The van der Waals surface area contributed by atoms with Gasteiger partial charge in [0, 0.05) is 20.2 Å². The molecule has 0 spiro atoms. The van der Waals surface area contributed by atoms with Crippen molar-refractivity contribution >= 4 is 48.3 Å². The lowest BCUT2D eigenvalue weighted by molar-refractivity contribution is -0.139. The van der Waals surface area contributed by atoms with Crippen LogP contribution in [0.25, 0.3) is 42.1 Å². The van der Waals surface area contributed by atoms with E-state index < -0.39 is 5.97 Å². The van der Waals surface area contributed by atoms with E-state index in [2.05, 4.69) is 67.6 Å². The molecule has 0 fully saturated rings. The smallest absolute Gasteiger partial charge is 0.341 e. The fourth-order valence-electron chi connectivity index (χ4n) is 4.60. The van der Waals surface area contributed by atoms with Crippen LogP contribution in [-0.4, -0.2) is 17.7 Å². The molecule has 1 aromatic heterocycles. The van der Waals surface area contributed by atoms with Crippen molar-refractivity contribution in [2.24, 2.45) is 0 Å². The van der Waals surface area contributed by atoms with Gasteiger partial charge in [-0.1, -0.05) is 42.5 Å². The lowest BCUT2D eigenvalue weighted by Crippen LogP contribution is -2.11. The first kappa shape index (κ1) is 19.6. The first-order chi connectivity index (χ1) is 15.0. The fraction of sp³-hybridized carbons (Fsp3) is 0.148. The van der Waals surface area contributed by atoms with E-state index in [0.29, 0.717) is 5.75 Å². The highest BCUT2D eigenvalue weighted by molar-refractivity contribution is 7.26. The molecule has 0 aliphatic heterocycles. The van der Waals surface area contributed by atoms with E-state index in [9.17, 15) is 4.79 Å². The zero-order valence-electron chi connectivity index (χ0n) is 17.7. The standard InChI is InChI=1S/C27H22O3S/c1-15-12-18(13-16(2)26(15)30-14-23(28)29)24-20-9-5-4-8-19(20)17(3)27-25(24)21-10-6-7-11-22(21)31-27/h4-13H,14H2,1-3H3,(H,28,29). The number of hydrogen-bond donors (Lipinski definition) is 1. The Kier molecular flexibility index (Phi) is 4.67. The Morgan fingerprint density at radius 1 is 0.903 bits per heavy atom. The maximum Gasteiger partial charge on any atom is 0.341 e. The van der Waals surface area contributed by atoms with E-state index in [1.807, 2.05) is 25.2 Å². The molecular weight excluding hydrogens is 404 g/mol. The van der Waals surface area contributed by atoms with E-state index in [-0.39, 0.29) is 6.61 Å². The number of carboxylic acid groups (broad SMARTS) is 1. The first-order valence-corrected chi connectivity index (χ1v) is 11.1. The highest BCUT2D eigenvalue weighted by atomic mass is 32.1. The highest BCUT2D eigenvalue weighted by Crippen LogP contribution is 2.47. The molecule has 3 nitrogen and oxygen atoms in total. The second-order valence-electron chi connectivity index (χ2n) is 7.97. The SMILES string of the molecule is Cc1cc(-c2c3ccccc3c(C)c3sc4ccccc4c23)cc(C)c1OCC(=O)O. The summed E-state index contributed by atoms with van der Waals surface area (Å²) in [6.07, 6.45) is 0. The van der Waals surface area contributed by atoms with Crippen molar-refractivity contribution in [1.82, 2.24) is 0 Å². The van der Waals surface area contributed by atoms with Crippen molar-refractivity contribution in [3.63, 3.8) is 0 Å². The molecule has 0 radical (unpaired) electrons. The highest BCUT2D eigenvalue weighted by Gasteiger charge is 2.19. The topological polar surface area (TPSA) is 46.5 Å². The van der Waals surface area contributed by atoms with E-state index in [1.54, 1.807) is 0 Å². The molecule has 154 valence electrons. The van der Waals surface area contributed by atoms with Gasteiger partial charge >= 0.3 is 5.97 Å². The molecule has 0 bridgehead atoms. The van der Waals surface area contributed by atoms with E-state index >= 15 is 0 Å². The van der Waals surface area contributed by atoms with Crippen molar-refractivity contribution in [2.45, 2.75) is 20.8 Å². The minimum absolute atomic E-state index is 0.339. The predicted octanol–water partition coefficient (Wildman–Crippen LogP) is 7.26. The maximum atomic E-state index is 11.0. The maximum absolute atomic E-state index is 11.0. The number of fused-ring (bicyclic) bond motifs is 4. The molecule has 4 heteroatoms. The molecule has 0 aliphatic rings. The number of hydrogen-bond acceptors (Lipinski definition) is 3. The van der Waals surface area contributed by atoms with Gasteiger partial charge in [-0.05, 0) is 77.6 Å². The third kappa shape index (κ3) is 3.15. The van der Waals surface area contributed by atoms with Crippen LogP contribution in [0.1, 0.15) is 16.7 Å². The number of aliphatic carboxylic acids is 1. The van der Waals surface area contributed by atoms with Crippen LogP contribution >= 0.6 is 11.3 Å². The number of thiophene rings is 1. The molecule has 5 rings (SSSR count). The predicted molar refractivity (Wildman–Crippen MR) is 130 cm³/mol. The van der Waals surface area contributed by atoms with Crippen molar-refractivity contribution in [3.05, 3.63) is 77.4 Å². The van der Waals surface area contributed by atoms with E-state index in [1.165, 1.54) is 42.1 Å².